The molecule has 1 saturated heterocycles. The summed E-state index contributed by atoms with van der Waals surface area (Å²) in [7, 11) is 0. The number of aromatic nitrogens is 1. The quantitative estimate of drug-likeness (QED) is 0.827. The van der Waals surface area contributed by atoms with Gasteiger partial charge in [-0.1, -0.05) is 29.8 Å². The van der Waals surface area contributed by atoms with Crippen LogP contribution < -0.4 is 0 Å². The van der Waals surface area contributed by atoms with E-state index in [2.05, 4.69) is 16.0 Å². The fourth-order valence-corrected chi connectivity index (χ4v) is 2.37. The van der Waals surface area contributed by atoms with Crippen molar-refractivity contribution in [2.75, 3.05) is 13.1 Å². The van der Waals surface area contributed by atoms with Gasteiger partial charge in [-0.15, -0.1) is 0 Å². The number of para-hydroxylation sites is 1. The second-order valence-corrected chi connectivity index (χ2v) is 4.84. The Hall–Kier alpha value is -1.16. The summed E-state index contributed by atoms with van der Waals surface area (Å²) in [6.07, 6.45) is -0.179. The molecule has 1 fully saturated rings. The largest absolute Gasteiger partial charge is 0.390 e. The zero-order chi connectivity index (χ0) is 11.8. The fraction of sp³-hybridized carbons (Fsp3) is 0.308. The number of β-amino-alcohol motifs (C(OH)–C–C–N with tert-alkyl or cyclic N) is 1. The lowest BCUT2D eigenvalue weighted by atomic mass is 10.1. The predicted molar refractivity (Wildman–Crippen MR) is 68.0 cm³/mol. The Morgan fingerprint density at radius 1 is 1.35 bits per heavy atom. The average molecular weight is 249 g/mol. The minimum absolute atomic E-state index is 0.179. The monoisotopic (exact) mass is 248 g/mol. The van der Waals surface area contributed by atoms with Gasteiger partial charge in [0.25, 0.3) is 0 Å². The standard InChI is InChI=1S/C13H13ClN2O/c14-13-10(6-16-7-11(17)8-16)5-9-3-1-2-4-12(9)15-13/h1-5,11,17H,6-8H2. The van der Waals surface area contributed by atoms with Gasteiger partial charge in [0.1, 0.15) is 5.15 Å². The van der Waals surface area contributed by atoms with Gasteiger partial charge in [0.2, 0.25) is 0 Å². The molecular weight excluding hydrogens is 236 g/mol. The number of likely N-dealkylation sites (tertiary alicyclic amines) is 1. The van der Waals surface area contributed by atoms with Crippen LogP contribution in [0, 0.1) is 0 Å². The Morgan fingerprint density at radius 3 is 2.88 bits per heavy atom. The van der Waals surface area contributed by atoms with Gasteiger partial charge in [-0.3, -0.25) is 4.90 Å². The summed E-state index contributed by atoms with van der Waals surface area (Å²) in [5.74, 6) is 0. The summed E-state index contributed by atoms with van der Waals surface area (Å²) >= 11 is 6.16. The first-order chi connectivity index (χ1) is 8.22. The van der Waals surface area contributed by atoms with Crippen LogP contribution in [0.4, 0.5) is 0 Å². The summed E-state index contributed by atoms with van der Waals surface area (Å²) < 4.78 is 0. The minimum Gasteiger partial charge on any atom is -0.390 e. The zero-order valence-electron chi connectivity index (χ0n) is 9.31. The first kappa shape index (κ1) is 11.0. The van der Waals surface area contributed by atoms with Crippen LogP contribution >= 0.6 is 11.6 Å². The summed E-state index contributed by atoms with van der Waals surface area (Å²) in [5, 5.41) is 10.9. The maximum Gasteiger partial charge on any atom is 0.134 e. The highest BCUT2D eigenvalue weighted by molar-refractivity contribution is 6.30. The van der Waals surface area contributed by atoms with E-state index in [1.807, 2.05) is 24.3 Å². The van der Waals surface area contributed by atoms with Crippen LogP contribution in [0.25, 0.3) is 10.9 Å². The first-order valence-electron chi connectivity index (χ1n) is 5.67. The average Bonchev–Trinajstić information content (AvgIpc) is 2.28. The van der Waals surface area contributed by atoms with Crippen LogP contribution in [0.5, 0.6) is 0 Å². The molecule has 4 heteroatoms. The van der Waals surface area contributed by atoms with Crippen LogP contribution in [0.1, 0.15) is 5.56 Å². The highest BCUT2D eigenvalue weighted by Gasteiger charge is 2.24. The van der Waals surface area contributed by atoms with E-state index in [0.717, 1.165) is 36.1 Å². The maximum absolute atomic E-state index is 9.25. The summed E-state index contributed by atoms with van der Waals surface area (Å²) in [5.41, 5.74) is 1.95. The molecule has 3 rings (SSSR count). The summed E-state index contributed by atoms with van der Waals surface area (Å²) in [4.78, 5) is 6.54. The molecule has 0 unspecified atom stereocenters. The molecule has 1 aliphatic heterocycles. The number of halogens is 1. The van der Waals surface area contributed by atoms with Gasteiger partial charge >= 0.3 is 0 Å². The number of hydrogen-bond donors (Lipinski definition) is 1. The third kappa shape index (κ3) is 2.14. The Morgan fingerprint density at radius 2 is 2.12 bits per heavy atom. The molecule has 1 aromatic carbocycles. The van der Waals surface area contributed by atoms with E-state index in [4.69, 9.17) is 11.6 Å². The smallest absolute Gasteiger partial charge is 0.134 e. The van der Waals surface area contributed by atoms with Gasteiger partial charge in [-0.2, -0.15) is 0 Å². The van der Waals surface area contributed by atoms with Crippen molar-refractivity contribution in [3.63, 3.8) is 0 Å². The molecule has 1 aromatic heterocycles. The molecule has 0 spiro atoms. The van der Waals surface area contributed by atoms with E-state index in [9.17, 15) is 5.11 Å². The number of aliphatic hydroxyl groups excluding tert-OH is 1. The number of nitrogens with zero attached hydrogens (tertiary/aromatic N) is 2. The molecule has 3 nitrogen and oxygen atoms in total. The minimum atomic E-state index is -0.179. The first-order valence-corrected chi connectivity index (χ1v) is 6.05. The number of benzene rings is 1. The molecule has 1 N–H and O–H groups in total. The third-order valence-corrected chi connectivity index (χ3v) is 3.41. The topological polar surface area (TPSA) is 36.4 Å². The number of fused-ring (bicyclic) bond motifs is 1. The van der Waals surface area contributed by atoms with Crippen LogP contribution in [-0.2, 0) is 6.54 Å². The number of hydrogen-bond acceptors (Lipinski definition) is 3. The highest BCUT2D eigenvalue weighted by Crippen LogP contribution is 2.23. The van der Waals surface area contributed by atoms with Gasteiger partial charge in [-0.05, 0) is 12.1 Å². The van der Waals surface area contributed by atoms with E-state index in [1.54, 1.807) is 0 Å². The van der Waals surface area contributed by atoms with E-state index < -0.39 is 0 Å². The molecule has 2 heterocycles. The molecule has 0 aliphatic carbocycles. The van der Waals surface area contributed by atoms with E-state index in [0.29, 0.717) is 5.15 Å². The fourth-order valence-electron chi connectivity index (χ4n) is 2.16. The van der Waals surface area contributed by atoms with Crippen LogP contribution in [0.2, 0.25) is 5.15 Å². The molecule has 1 aliphatic rings. The van der Waals surface area contributed by atoms with E-state index >= 15 is 0 Å². The van der Waals surface area contributed by atoms with Crippen LogP contribution in [0.15, 0.2) is 30.3 Å². The van der Waals surface area contributed by atoms with Crippen molar-refractivity contribution in [3.05, 3.63) is 41.0 Å². The summed E-state index contributed by atoms with van der Waals surface area (Å²) in [6, 6.07) is 10.0. The molecule has 0 saturated carbocycles. The normalized spacial score (nSPS) is 17.3. The Balaban J connectivity index is 1.90. The Bertz CT molecular complexity index is 552. The lowest BCUT2D eigenvalue weighted by Gasteiger charge is -2.35. The van der Waals surface area contributed by atoms with Gasteiger partial charge in [0.15, 0.2) is 0 Å². The van der Waals surface area contributed by atoms with Gasteiger partial charge in [0.05, 0.1) is 11.6 Å². The molecule has 0 bridgehead atoms. The second-order valence-electron chi connectivity index (χ2n) is 4.48. The van der Waals surface area contributed by atoms with Gasteiger partial charge < -0.3 is 5.11 Å². The number of aliphatic hydroxyl groups is 1. The molecule has 88 valence electrons. The van der Waals surface area contributed by atoms with Crippen molar-refractivity contribution in [2.24, 2.45) is 0 Å². The molecule has 17 heavy (non-hydrogen) atoms. The third-order valence-electron chi connectivity index (χ3n) is 3.08. The lowest BCUT2D eigenvalue weighted by Crippen LogP contribution is -2.49. The van der Waals surface area contributed by atoms with Crippen molar-refractivity contribution in [2.45, 2.75) is 12.6 Å². The zero-order valence-corrected chi connectivity index (χ0v) is 10.1. The SMILES string of the molecule is OC1CN(Cc2cc3ccccc3nc2Cl)C1. The molecule has 0 amide bonds. The van der Waals surface area contributed by atoms with Crippen molar-refractivity contribution in [1.82, 2.24) is 9.88 Å². The van der Waals surface area contributed by atoms with Crippen molar-refractivity contribution in [3.8, 4) is 0 Å². The van der Waals surface area contributed by atoms with E-state index in [1.165, 1.54) is 0 Å². The summed E-state index contributed by atoms with van der Waals surface area (Å²) in [6.45, 7) is 2.21. The number of pyridine rings is 1. The molecule has 0 atom stereocenters. The molecule has 2 aromatic rings. The van der Waals surface area contributed by atoms with Crippen LogP contribution in [0.3, 0.4) is 0 Å². The Labute approximate surface area is 105 Å². The van der Waals surface area contributed by atoms with Crippen LogP contribution in [-0.4, -0.2) is 34.2 Å². The molecule has 0 radical (unpaired) electrons. The molecular formula is C13H13ClN2O. The van der Waals surface area contributed by atoms with Crippen molar-refractivity contribution >= 4 is 22.5 Å². The Kier molecular flexibility index (Phi) is 2.74. The van der Waals surface area contributed by atoms with E-state index in [-0.39, 0.29) is 6.10 Å². The number of rotatable bonds is 2. The van der Waals surface area contributed by atoms with Gasteiger partial charge in [0, 0.05) is 30.6 Å². The van der Waals surface area contributed by atoms with Crippen molar-refractivity contribution < 1.29 is 5.11 Å². The van der Waals surface area contributed by atoms with Gasteiger partial charge in [-0.25, -0.2) is 4.98 Å². The van der Waals surface area contributed by atoms with Crippen molar-refractivity contribution in [1.29, 1.82) is 0 Å². The maximum atomic E-state index is 9.25. The second kappa shape index (κ2) is 4.26. The predicted octanol–water partition coefficient (Wildman–Crippen LogP) is 2.06. The lowest BCUT2D eigenvalue weighted by molar-refractivity contribution is -0.00287. The highest BCUT2D eigenvalue weighted by atomic mass is 35.5.